The Morgan fingerprint density at radius 2 is 2.05 bits per heavy atom. The van der Waals surface area contributed by atoms with Crippen LogP contribution in [0.5, 0.6) is 5.75 Å². The van der Waals surface area contributed by atoms with Crippen molar-refractivity contribution in [2.75, 3.05) is 20.2 Å². The van der Waals surface area contributed by atoms with E-state index in [-0.39, 0.29) is 11.5 Å². The third-order valence-corrected chi connectivity index (χ3v) is 4.67. The van der Waals surface area contributed by atoms with E-state index in [1.54, 1.807) is 7.11 Å². The van der Waals surface area contributed by atoms with Crippen molar-refractivity contribution in [1.82, 2.24) is 4.90 Å². The molecule has 5 heteroatoms. The minimum Gasteiger partial charge on any atom is -0.496 e. The van der Waals surface area contributed by atoms with Crippen molar-refractivity contribution in [2.24, 2.45) is 5.92 Å². The van der Waals surface area contributed by atoms with Gasteiger partial charge in [0, 0.05) is 29.0 Å². The molecule has 0 saturated carbocycles. The maximum absolute atomic E-state index is 11.6. The molecule has 1 N–H and O–H groups in total. The van der Waals surface area contributed by atoms with Crippen LogP contribution >= 0.6 is 15.9 Å². The predicted octanol–water partition coefficient (Wildman–Crippen LogP) is 3.36. The molecule has 21 heavy (non-hydrogen) atoms. The van der Waals surface area contributed by atoms with Crippen LogP contribution in [0.4, 0.5) is 0 Å². The highest BCUT2D eigenvalue weighted by Crippen LogP contribution is 2.40. The Morgan fingerprint density at radius 1 is 1.38 bits per heavy atom. The van der Waals surface area contributed by atoms with Crippen LogP contribution in [0.3, 0.4) is 0 Å². The molecule has 0 unspecified atom stereocenters. The number of halogens is 1. The molecule has 2 rings (SSSR count). The second-order valence-electron chi connectivity index (χ2n) is 6.51. The van der Waals surface area contributed by atoms with Crippen LogP contribution in [-0.4, -0.2) is 41.7 Å². The van der Waals surface area contributed by atoms with Gasteiger partial charge in [-0.2, -0.15) is 0 Å². The topological polar surface area (TPSA) is 49.8 Å². The van der Waals surface area contributed by atoms with E-state index < -0.39 is 11.9 Å². The lowest BCUT2D eigenvalue weighted by Crippen LogP contribution is -2.40. The number of carboxylic acids is 1. The summed E-state index contributed by atoms with van der Waals surface area (Å²) in [6.07, 6.45) is 0. The summed E-state index contributed by atoms with van der Waals surface area (Å²) in [6, 6.07) is 5.81. The number of rotatable bonds is 3. The van der Waals surface area contributed by atoms with Crippen molar-refractivity contribution in [3.05, 3.63) is 28.2 Å². The monoisotopic (exact) mass is 355 g/mol. The summed E-state index contributed by atoms with van der Waals surface area (Å²) in [5, 5.41) is 9.57. The van der Waals surface area contributed by atoms with Crippen molar-refractivity contribution in [3.8, 4) is 5.75 Å². The van der Waals surface area contributed by atoms with E-state index in [0.29, 0.717) is 6.54 Å². The molecular formula is C16H22BrNO3. The zero-order valence-corrected chi connectivity index (χ0v) is 14.5. The Hall–Kier alpha value is -1.07. The van der Waals surface area contributed by atoms with Crippen molar-refractivity contribution in [3.63, 3.8) is 0 Å². The standard InChI is InChI=1S/C16H22BrNO3/c1-16(2,3)18-8-12(13(9-18)15(19)20)11-6-5-10(17)7-14(11)21-4/h5-7,12-13H,8-9H2,1-4H3,(H,19,20)/t12-,13+/m0/s1. The quantitative estimate of drug-likeness (QED) is 0.902. The summed E-state index contributed by atoms with van der Waals surface area (Å²) in [7, 11) is 1.62. The SMILES string of the molecule is COc1cc(Br)ccc1[C@@H]1CN(C(C)(C)C)C[C@H]1C(=O)O. The Labute approximate surface area is 134 Å². The minimum atomic E-state index is -0.739. The summed E-state index contributed by atoms with van der Waals surface area (Å²) in [5.41, 5.74) is 0.935. The number of methoxy groups -OCH3 is 1. The molecule has 4 nitrogen and oxygen atoms in total. The molecule has 1 heterocycles. The summed E-state index contributed by atoms with van der Waals surface area (Å²) in [5.74, 6) is -0.447. The first kappa shape index (κ1) is 16.3. The van der Waals surface area contributed by atoms with Crippen LogP contribution in [0.1, 0.15) is 32.3 Å². The number of nitrogens with zero attached hydrogens (tertiary/aromatic N) is 1. The molecule has 0 aliphatic carbocycles. The third-order valence-electron chi connectivity index (χ3n) is 4.18. The summed E-state index contributed by atoms with van der Waals surface area (Å²) < 4.78 is 6.38. The number of hydrogen-bond acceptors (Lipinski definition) is 3. The van der Waals surface area contributed by atoms with Gasteiger partial charge < -0.3 is 9.84 Å². The first-order valence-corrected chi connectivity index (χ1v) is 7.84. The first-order valence-electron chi connectivity index (χ1n) is 7.05. The normalized spacial score (nSPS) is 23.3. The number of likely N-dealkylation sites (tertiary alicyclic amines) is 1. The molecule has 116 valence electrons. The number of carbonyl (C=O) groups is 1. The lowest BCUT2D eigenvalue weighted by Gasteiger charge is -2.31. The second-order valence-corrected chi connectivity index (χ2v) is 7.43. The van der Waals surface area contributed by atoms with Crippen LogP contribution in [0.25, 0.3) is 0 Å². The van der Waals surface area contributed by atoms with Gasteiger partial charge >= 0.3 is 5.97 Å². The van der Waals surface area contributed by atoms with E-state index in [1.165, 1.54) is 0 Å². The van der Waals surface area contributed by atoms with Crippen molar-refractivity contribution in [1.29, 1.82) is 0 Å². The molecule has 1 fully saturated rings. The largest absolute Gasteiger partial charge is 0.496 e. The smallest absolute Gasteiger partial charge is 0.308 e. The van der Waals surface area contributed by atoms with Gasteiger partial charge in [-0.25, -0.2) is 0 Å². The molecule has 0 amide bonds. The van der Waals surface area contributed by atoms with Gasteiger partial charge in [0.25, 0.3) is 0 Å². The van der Waals surface area contributed by atoms with Crippen molar-refractivity contribution < 1.29 is 14.6 Å². The van der Waals surface area contributed by atoms with Crippen LogP contribution < -0.4 is 4.74 Å². The fourth-order valence-corrected chi connectivity index (χ4v) is 3.25. The molecule has 1 saturated heterocycles. The summed E-state index contributed by atoms with van der Waals surface area (Å²) in [6.45, 7) is 7.66. The van der Waals surface area contributed by atoms with Gasteiger partial charge in [-0.15, -0.1) is 0 Å². The fourth-order valence-electron chi connectivity index (χ4n) is 2.91. The number of ether oxygens (including phenoxy) is 1. The number of hydrogen-bond donors (Lipinski definition) is 1. The summed E-state index contributed by atoms with van der Waals surface area (Å²) in [4.78, 5) is 13.9. The molecule has 0 radical (unpaired) electrons. The van der Waals surface area contributed by atoms with Gasteiger partial charge in [0.1, 0.15) is 5.75 Å². The van der Waals surface area contributed by atoms with E-state index in [0.717, 1.165) is 22.3 Å². The molecule has 1 aromatic rings. The highest BCUT2D eigenvalue weighted by molar-refractivity contribution is 9.10. The highest BCUT2D eigenvalue weighted by Gasteiger charge is 2.43. The number of carboxylic acid groups (broad SMARTS) is 1. The maximum atomic E-state index is 11.6. The molecule has 1 aliphatic rings. The Kier molecular flexibility index (Phi) is 4.63. The van der Waals surface area contributed by atoms with Crippen LogP contribution in [0.2, 0.25) is 0 Å². The van der Waals surface area contributed by atoms with E-state index in [4.69, 9.17) is 4.74 Å². The van der Waals surface area contributed by atoms with Crippen molar-refractivity contribution in [2.45, 2.75) is 32.2 Å². The van der Waals surface area contributed by atoms with Crippen LogP contribution in [0.15, 0.2) is 22.7 Å². The molecule has 0 spiro atoms. The van der Waals surface area contributed by atoms with Gasteiger partial charge in [0.05, 0.1) is 13.0 Å². The highest BCUT2D eigenvalue weighted by atomic mass is 79.9. The van der Waals surface area contributed by atoms with Crippen LogP contribution in [-0.2, 0) is 4.79 Å². The van der Waals surface area contributed by atoms with Crippen molar-refractivity contribution >= 4 is 21.9 Å². The molecule has 1 aliphatic heterocycles. The van der Waals surface area contributed by atoms with Gasteiger partial charge in [-0.3, -0.25) is 9.69 Å². The first-order chi connectivity index (χ1) is 9.74. The average Bonchev–Trinajstić information content (AvgIpc) is 2.83. The Bertz CT molecular complexity index is 539. The fraction of sp³-hybridized carbons (Fsp3) is 0.562. The Morgan fingerprint density at radius 3 is 2.57 bits per heavy atom. The molecule has 0 bridgehead atoms. The van der Waals surface area contributed by atoms with Gasteiger partial charge in [0.2, 0.25) is 0 Å². The van der Waals surface area contributed by atoms with E-state index in [1.807, 2.05) is 18.2 Å². The maximum Gasteiger partial charge on any atom is 0.308 e. The minimum absolute atomic E-state index is 0.0367. The van der Waals surface area contributed by atoms with E-state index in [9.17, 15) is 9.90 Å². The molecule has 1 aromatic carbocycles. The predicted molar refractivity (Wildman–Crippen MR) is 85.9 cm³/mol. The molecule has 0 aromatic heterocycles. The molecular weight excluding hydrogens is 334 g/mol. The zero-order valence-electron chi connectivity index (χ0n) is 12.9. The van der Waals surface area contributed by atoms with Crippen LogP contribution in [0, 0.1) is 5.92 Å². The number of benzene rings is 1. The Balaban J connectivity index is 2.39. The lowest BCUT2D eigenvalue weighted by atomic mass is 9.88. The van der Waals surface area contributed by atoms with Gasteiger partial charge in [-0.1, -0.05) is 22.0 Å². The van der Waals surface area contributed by atoms with Gasteiger partial charge in [0.15, 0.2) is 0 Å². The lowest BCUT2D eigenvalue weighted by molar-refractivity contribution is -0.141. The average molecular weight is 356 g/mol. The third kappa shape index (κ3) is 3.40. The second kappa shape index (κ2) is 5.97. The molecule has 2 atom stereocenters. The van der Waals surface area contributed by atoms with E-state index >= 15 is 0 Å². The van der Waals surface area contributed by atoms with E-state index in [2.05, 4.69) is 41.6 Å². The zero-order chi connectivity index (χ0) is 15.8. The summed E-state index contributed by atoms with van der Waals surface area (Å²) >= 11 is 3.43. The number of aliphatic carboxylic acids is 1. The van der Waals surface area contributed by atoms with Gasteiger partial charge in [-0.05, 0) is 38.5 Å².